The lowest BCUT2D eigenvalue weighted by molar-refractivity contribution is 0.443. The van der Waals surface area contributed by atoms with E-state index in [-0.39, 0.29) is 35.4 Å². The first-order valence-corrected chi connectivity index (χ1v) is 8.57. The van der Waals surface area contributed by atoms with Gasteiger partial charge in [0, 0.05) is 23.1 Å². The number of nitrogens with one attached hydrogen (secondary N) is 1. The molecule has 5 N–H and O–H groups in total. The average Bonchev–Trinajstić information content (AvgIpc) is 3.32. The fraction of sp³-hybridized carbons (Fsp3) is 0.353. The van der Waals surface area contributed by atoms with Crippen LogP contribution in [0.2, 0.25) is 0 Å². The monoisotopic (exact) mass is 377 g/mol. The summed E-state index contributed by atoms with van der Waals surface area (Å²) in [5.41, 5.74) is 12.4. The van der Waals surface area contributed by atoms with Gasteiger partial charge in [0.25, 0.3) is 5.78 Å². The van der Waals surface area contributed by atoms with E-state index in [2.05, 4.69) is 20.4 Å². The molecule has 3 heterocycles. The predicted molar refractivity (Wildman–Crippen MR) is 93.4 cm³/mol. The number of nitrogens with zero attached hydrogens (tertiary/aromatic N) is 4. The number of hydrogen-bond acceptors (Lipinski definition) is 6. The fourth-order valence-corrected chi connectivity index (χ4v) is 3.75. The number of nitrogens with two attached hydrogens (primary N) is 2. The molecule has 0 amide bonds. The number of hydrogen-bond donors (Lipinski definition) is 3. The quantitative estimate of drug-likeness (QED) is 0.599. The van der Waals surface area contributed by atoms with Crippen LogP contribution >= 0.6 is 0 Å². The number of fused-ring (bicyclic) bond motifs is 1. The van der Waals surface area contributed by atoms with Crippen molar-refractivity contribution in [3.8, 4) is 0 Å². The van der Waals surface area contributed by atoms with Crippen molar-refractivity contribution in [2.24, 2.45) is 0 Å². The maximum absolute atomic E-state index is 14.3. The van der Waals surface area contributed by atoms with Crippen molar-refractivity contribution in [3.63, 3.8) is 0 Å². The van der Waals surface area contributed by atoms with E-state index in [9.17, 15) is 13.2 Å². The largest absolute Gasteiger partial charge is 0.383 e. The highest BCUT2D eigenvalue weighted by Gasteiger charge is 2.33. The normalized spacial score (nSPS) is 18.3. The van der Waals surface area contributed by atoms with Gasteiger partial charge in [-0.3, -0.25) is 0 Å². The lowest BCUT2D eigenvalue weighted by atomic mass is 9.85. The van der Waals surface area contributed by atoms with Crippen LogP contribution in [0.5, 0.6) is 0 Å². The lowest BCUT2D eigenvalue weighted by Crippen LogP contribution is -2.32. The Bertz CT molecular complexity index is 998. The molecule has 1 saturated heterocycles. The van der Waals surface area contributed by atoms with E-state index in [1.807, 2.05) is 0 Å². The van der Waals surface area contributed by atoms with Crippen molar-refractivity contribution in [3.05, 3.63) is 47.0 Å². The fourth-order valence-electron chi connectivity index (χ4n) is 3.75. The Morgan fingerprint density at radius 3 is 2.74 bits per heavy atom. The highest BCUT2D eigenvalue weighted by Crippen LogP contribution is 2.36. The summed E-state index contributed by atoms with van der Waals surface area (Å²) in [6.07, 6.45) is 2.83. The van der Waals surface area contributed by atoms with E-state index in [1.54, 1.807) is 0 Å². The standard InChI is InChI=1S/C17H18F3N7/c18-10-3-4-11(19)14(20)8(10)6-9(12-2-1-5-23-12)13-15(21)26-17-24-7-25-27(17)16(13)22/h3-4,7,9,12,23H,1-2,5-6,22H2,(H2,21,24,25,26). The van der Waals surface area contributed by atoms with E-state index in [1.165, 1.54) is 10.8 Å². The molecule has 27 heavy (non-hydrogen) atoms. The molecule has 142 valence electrons. The third-order valence-corrected chi connectivity index (χ3v) is 5.05. The summed E-state index contributed by atoms with van der Waals surface area (Å²) in [5, 5.41) is 7.32. The molecule has 0 radical (unpaired) electrons. The first-order valence-electron chi connectivity index (χ1n) is 8.57. The molecule has 0 bridgehead atoms. The van der Waals surface area contributed by atoms with Crippen molar-refractivity contribution >= 4 is 17.4 Å². The molecule has 1 fully saturated rings. The van der Waals surface area contributed by atoms with Gasteiger partial charge in [-0.25, -0.2) is 13.2 Å². The molecule has 7 nitrogen and oxygen atoms in total. The Morgan fingerprint density at radius 2 is 2.00 bits per heavy atom. The minimum atomic E-state index is -1.20. The van der Waals surface area contributed by atoms with Crippen molar-refractivity contribution in [1.82, 2.24) is 24.9 Å². The molecule has 0 saturated carbocycles. The molecule has 3 aromatic rings. The number of rotatable bonds is 4. The summed E-state index contributed by atoms with van der Waals surface area (Å²) in [6, 6.07) is 1.54. The van der Waals surface area contributed by atoms with E-state index < -0.39 is 23.4 Å². The van der Waals surface area contributed by atoms with E-state index in [0.29, 0.717) is 5.56 Å². The second-order valence-corrected chi connectivity index (χ2v) is 6.60. The summed E-state index contributed by atoms with van der Waals surface area (Å²) < 4.78 is 43.6. The minimum absolute atomic E-state index is 0.115. The summed E-state index contributed by atoms with van der Waals surface area (Å²) in [6.45, 7) is 0.758. The van der Waals surface area contributed by atoms with Crippen LogP contribution in [0.1, 0.15) is 29.9 Å². The van der Waals surface area contributed by atoms with Gasteiger partial charge in [-0.15, -0.1) is 0 Å². The first-order chi connectivity index (χ1) is 13.0. The van der Waals surface area contributed by atoms with Crippen LogP contribution in [-0.4, -0.2) is 32.2 Å². The van der Waals surface area contributed by atoms with Gasteiger partial charge in [0.05, 0.1) is 0 Å². The van der Waals surface area contributed by atoms with Gasteiger partial charge in [0.15, 0.2) is 11.6 Å². The Labute approximate surface area is 152 Å². The topological polar surface area (TPSA) is 107 Å². The van der Waals surface area contributed by atoms with Gasteiger partial charge >= 0.3 is 0 Å². The third-order valence-electron chi connectivity index (χ3n) is 5.05. The lowest BCUT2D eigenvalue weighted by Gasteiger charge is -2.26. The summed E-state index contributed by atoms with van der Waals surface area (Å²) in [4.78, 5) is 8.15. The van der Waals surface area contributed by atoms with Crippen molar-refractivity contribution in [2.75, 3.05) is 18.0 Å². The summed E-state index contributed by atoms with van der Waals surface area (Å²) >= 11 is 0. The Kier molecular flexibility index (Phi) is 4.34. The third kappa shape index (κ3) is 2.95. The van der Waals surface area contributed by atoms with Crippen LogP contribution in [0.3, 0.4) is 0 Å². The Hall–Kier alpha value is -2.88. The Morgan fingerprint density at radius 1 is 1.22 bits per heavy atom. The van der Waals surface area contributed by atoms with Crippen LogP contribution in [0, 0.1) is 17.5 Å². The van der Waals surface area contributed by atoms with Crippen molar-refractivity contribution in [2.45, 2.75) is 31.2 Å². The molecule has 10 heteroatoms. The van der Waals surface area contributed by atoms with Gasteiger partial charge in [0.2, 0.25) is 0 Å². The number of halogens is 3. The van der Waals surface area contributed by atoms with Gasteiger partial charge in [0.1, 0.15) is 23.8 Å². The Balaban J connectivity index is 1.85. The summed E-state index contributed by atoms with van der Waals surface area (Å²) in [7, 11) is 0. The van der Waals surface area contributed by atoms with Gasteiger partial charge < -0.3 is 16.8 Å². The van der Waals surface area contributed by atoms with Crippen molar-refractivity contribution < 1.29 is 13.2 Å². The zero-order chi connectivity index (χ0) is 19.1. The van der Waals surface area contributed by atoms with Crippen LogP contribution in [0.25, 0.3) is 5.78 Å². The number of benzene rings is 1. The smallest absolute Gasteiger partial charge is 0.256 e. The van der Waals surface area contributed by atoms with Gasteiger partial charge in [-0.2, -0.15) is 19.6 Å². The van der Waals surface area contributed by atoms with Gasteiger partial charge in [-0.05, 0) is 37.9 Å². The zero-order valence-corrected chi connectivity index (χ0v) is 14.3. The number of anilines is 2. The van der Waals surface area contributed by atoms with Crippen LogP contribution in [0.4, 0.5) is 24.8 Å². The van der Waals surface area contributed by atoms with Crippen molar-refractivity contribution in [1.29, 1.82) is 0 Å². The number of nitrogen functional groups attached to an aromatic ring is 2. The maximum Gasteiger partial charge on any atom is 0.256 e. The molecule has 1 aliphatic heterocycles. The molecular weight excluding hydrogens is 359 g/mol. The molecule has 2 aromatic heterocycles. The molecular formula is C17H18F3N7. The highest BCUT2D eigenvalue weighted by molar-refractivity contribution is 5.60. The molecule has 4 rings (SSSR count). The predicted octanol–water partition coefficient (Wildman–Crippen LogP) is 1.78. The molecule has 0 spiro atoms. The summed E-state index contributed by atoms with van der Waals surface area (Å²) in [5.74, 6) is -3.09. The SMILES string of the molecule is Nc1nc2ncnn2c(N)c1C(Cc1c(F)ccc(F)c1F)C1CCCN1. The molecule has 2 atom stereocenters. The number of aromatic nitrogens is 4. The van der Waals surface area contributed by atoms with E-state index in [0.717, 1.165) is 31.5 Å². The molecule has 2 unspecified atom stereocenters. The minimum Gasteiger partial charge on any atom is -0.383 e. The van der Waals surface area contributed by atoms with E-state index in [4.69, 9.17) is 11.5 Å². The van der Waals surface area contributed by atoms with Gasteiger partial charge in [-0.1, -0.05) is 0 Å². The molecule has 0 aliphatic carbocycles. The second kappa shape index (κ2) is 6.69. The second-order valence-electron chi connectivity index (χ2n) is 6.60. The molecule has 1 aliphatic rings. The first kappa shape index (κ1) is 17.5. The highest BCUT2D eigenvalue weighted by atomic mass is 19.2. The maximum atomic E-state index is 14.3. The van der Waals surface area contributed by atoms with Crippen LogP contribution in [0.15, 0.2) is 18.5 Å². The average molecular weight is 377 g/mol. The van der Waals surface area contributed by atoms with E-state index >= 15 is 0 Å². The van der Waals surface area contributed by atoms with Crippen LogP contribution in [-0.2, 0) is 6.42 Å². The molecule has 1 aromatic carbocycles. The van der Waals surface area contributed by atoms with Crippen LogP contribution < -0.4 is 16.8 Å². The zero-order valence-electron chi connectivity index (χ0n) is 14.3.